The Morgan fingerprint density at radius 1 is 1.62 bits per heavy atom. The van der Waals surface area contributed by atoms with E-state index in [0.717, 1.165) is 11.3 Å². The second-order valence-electron chi connectivity index (χ2n) is 2.60. The SMILES string of the molecule is Br.Nc1nc(C(=O)OCCP(=O)(O)O)cs1. The minimum absolute atomic E-state index is 0. The first-order valence-electron chi connectivity index (χ1n) is 3.81. The number of halogens is 1. The third kappa shape index (κ3) is 5.57. The summed E-state index contributed by atoms with van der Waals surface area (Å²) in [5.41, 5.74) is 5.33. The molecule has 1 aromatic rings. The van der Waals surface area contributed by atoms with Crippen LogP contribution in [-0.4, -0.2) is 33.5 Å². The maximum absolute atomic E-state index is 11.2. The van der Waals surface area contributed by atoms with Gasteiger partial charge in [-0.05, 0) is 0 Å². The number of aromatic nitrogens is 1. The van der Waals surface area contributed by atoms with E-state index in [4.69, 9.17) is 15.5 Å². The van der Waals surface area contributed by atoms with E-state index < -0.39 is 19.7 Å². The van der Waals surface area contributed by atoms with Gasteiger partial charge in [-0.1, -0.05) is 0 Å². The smallest absolute Gasteiger partial charge is 0.357 e. The molecule has 0 saturated heterocycles. The van der Waals surface area contributed by atoms with Crippen molar-refractivity contribution in [1.29, 1.82) is 0 Å². The highest BCUT2D eigenvalue weighted by atomic mass is 79.9. The number of ether oxygens (including phenoxy) is 1. The lowest BCUT2D eigenvalue weighted by atomic mass is 10.5. The Morgan fingerprint density at radius 2 is 2.25 bits per heavy atom. The van der Waals surface area contributed by atoms with Crippen LogP contribution < -0.4 is 5.73 Å². The Bertz CT molecular complexity index is 405. The van der Waals surface area contributed by atoms with Gasteiger partial charge in [0.2, 0.25) is 0 Å². The molecule has 0 aliphatic carbocycles. The molecular formula is C6H10BrN2O5PS. The highest BCUT2D eigenvalue weighted by molar-refractivity contribution is 8.93. The molecule has 0 saturated carbocycles. The average molecular weight is 333 g/mol. The number of rotatable bonds is 4. The number of carbonyl (C=O) groups excluding carboxylic acids is 1. The Hall–Kier alpha value is -0.470. The molecule has 0 aliphatic heterocycles. The zero-order chi connectivity index (χ0) is 11.5. The molecule has 16 heavy (non-hydrogen) atoms. The van der Waals surface area contributed by atoms with Gasteiger partial charge < -0.3 is 20.3 Å². The van der Waals surface area contributed by atoms with Gasteiger partial charge in [-0.15, -0.1) is 28.3 Å². The third-order valence-electron chi connectivity index (χ3n) is 1.35. The molecule has 0 aliphatic rings. The van der Waals surface area contributed by atoms with Gasteiger partial charge in [0, 0.05) is 5.38 Å². The van der Waals surface area contributed by atoms with E-state index in [1.165, 1.54) is 5.38 Å². The zero-order valence-electron chi connectivity index (χ0n) is 7.90. The quantitative estimate of drug-likeness (QED) is 0.546. The molecule has 92 valence electrons. The minimum atomic E-state index is -4.13. The van der Waals surface area contributed by atoms with E-state index in [1.54, 1.807) is 0 Å². The molecule has 7 nitrogen and oxygen atoms in total. The fourth-order valence-corrected chi connectivity index (χ4v) is 1.57. The first-order valence-corrected chi connectivity index (χ1v) is 6.49. The van der Waals surface area contributed by atoms with Crippen molar-refractivity contribution < 1.29 is 23.9 Å². The van der Waals surface area contributed by atoms with Gasteiger partial charge in [-0.2, -0.15) is 0 Å². The molecule has 1 aromatic heterocycles. The van der Waals surface area contributed by atoms with E-state index in [-0.39, 0.29) is 34.4 Å². The topological polar surface area (TPSA) is 123 Å². The van der Waals surface area contributed by atoms with E-state index in [2.05, 4.69) is 9.72 Å². The van der Waals surface area contributed by atoms with Crippen LogP contribution in [0.15, 0.2) is 5.38 Å². The van der Waals surface area contributed by atoms with Crippen molar-refractivity contribution in [3.63, 3.8) is 0 Å². The monoisotopic (exact) mass is 332 g/mol. The van der Waals surface area contributed by atoms with Crippen molar-refractivity contribution >= 4 is 47.0 Å². The standard InChI is InChI=1S/C6H9N2O5PS.BrH/c7-6-8-4(3-15-6)5(9)13-1-2-14(10,11)12;/h3H,1-2H2,(H2,7,8)(H2,10,11,12);1H. The summed E-state index contributed by atoms with van der Waals surface area (Å²) in [6.45, 7) is -0.347. The highest BCUT2D eigenvalue weighted by Crippen LogP contribution is 2.33. The molecule has 0 radical (unpaired) electrons. The summed E-state index contributed by atoms with van der Waals surface area (Å²) in [7, 11) is -4.13. The second-order valence-corrected chi connectivity index (χ2v) is 5.26. The third-order valence-corrected chi connectivity index (χ3v) is 2.79. The van der Waals surface area contributed by atoms with Gasteiger partial charge in [0.15, 0.2) is 10.8 Å². The van der Waals surface area contributed by atoms with Crippen molar-refractivity contribution in [2.24, 2.45) is 0 Å². The average Bonchev–Trinajstić information content (AvgIpc) is 2.49. The van der Waals surface area contributed by atoms with Crippen molar-refractivity contribution in [1.82, 2.24) is 4.98 Å². The summed E-state index contributed by atoms with van der Waals surface area (Å²) in [5.74, 6) is -0.739. The molecule has 0 spiro atoms. The van der Waals surface area contributed by atoms with E-state index in [1.807, 2.05) is 0 Å². The molecule has 0 aromatic carbocycles. The van der Waals surface area contributed by atoms with Gasteiger partial charge in [-0.3, -0.25) is 4.57 Å². The molecule has 0 fully saturated rings. The molecule has 0 bridgehead atoms. The fourth-order valence-electron chi connectivity index (χ4n) is 0.713. The minimum Gasteiger partial charge on any atom is -0.460 e. The van der Waals surface area contributed by atoms with Gasteiger partial charge in [0.25, 0.3) is 0 Å². The number of hydrogen-bond donors (Lipinski definition) is 3. The molecular weight excluding hydrogens is 323 g/mol. The van der Waals surface area contributed by atoms with Crippen molar-refractivity contribution in [2.75, 3.05) is 18.5 Å². The van der Waals surface area contributed by atoms with Gasteiger partial charge in [0.05, 0.1) is 6.16 Å². The van der Waals surface area contributed by atoms with Crippen LogP contribution in [-0.2, 0) is 9.30 Å². The Labute approximate surface area is 106 Å². The molecule has 1 heterocycles. The molecule has 0 atom stereocenters. The fraction of sp³-hybridized carbons (Fsp3) is 0.333. The largest absolute Gasteiger partial charge is 0.460 e. The lowest BCUT2D eigenvalue weighted by molar-refractivity contribution is 0.0520. The normalized spacial score (nSPS) is 10.6. The van der Waals surface area contributed by atoms with Crippen LogP contribution in [0.1, 0.15) is 10.5 Å². The summed E-state index contributed by atoms with van der Waals surface area (Å²) in [6, 6.07) is 0. The molecule has 10 heteroatoms. The number of anilines is 1. The second kappa shape index (κ2) is 6.31. The van der Waals surface area contributed by atoms with E-state index in [0.29, 0.717) is 0 Å². The molecule has 4 N–H and O–H groups in total. The maximum atomic E-state index is 11.2. The Kier molecular flexibility index (Phi) is 6.13. The van der Waals surface area contributed by atoms with E-state index in [9.17, 15) is 9.36 Å². The van der Waals surface area contributed by atoms with Crippen LogP contribution in [0.4, 0.5) is 5.13 Å². The summed E-state index contributed by atoms with van der Waals surface area (Å²) in [4.78, 5) is 31.8. The zero-order valence-corrected chi connectivity index (χ0v) is 11.3. The van der Waals surface area contributed by atoms with E-state index >= 15 is 0 Å². The first-order chi connectivity index (χ1) is 6.88. The van der Waals surface area contributed by atoms with Crippen molar-refractivity contribution in [2.45, 2.75) is 0 Å². The van der Waals surface area contributed by atoms with Crippen LogP contribution in [0.3, 0.4) is 0 Å². The lowest BCUT2D eigenvalue weighted by Gasteiger charge is -2.03. The van der Waals surface area contributed by atoms with Crippen molar-refractivity contribution in [3.8, 4) is 0 Å². The van der Waals surface area contributed by atoms with Gasteiger partial charge >= 0.3 is 13.6 Å². The number of thiazole rings is 1. The molecule has 1 rings (SSSR count). The van der Waals surface area contributed by atoms with Crippen LogP contribution in [0.25, 0.3) is 0 Å². The van der Waals surface area contributed by atoms with Crippen LogP contribution in [0, 0.1) is 0 Å². The number of nitrogens with two attached hydrogens (primary N) is 1. The predicted octanol–water partition coefficient (Wildman–Crippen LogP) is 0.638. The number of nitrogens with zero attached hydrogens (tertiary/aromatic N) is 1. The Morgan fingerprint density at radius 3 is 2.69 bits per heavy atom. The summed E-state index contributed by atoms with van der Waals surface area (Å²) < 4.78 is 15.0. The number of hydrogen-bond acceptors (Lipinski definition) is 6. The number of nitrogen functional groups attached to an aromatic ring is 1. The predicted molar refractivity (Wildman–Crippen MR) is 64.0 cm³/mol. The molecule has 0 unspecified atom stereocenters. The van der Waals surface area contributed by atoms with Crippen LogP contribution >= 0.6 is 35.9 Å². The van der Waals surface area contributed by atoms with Crippen LogP contribution in [0.2, 0.25) is 0 Å². The lowest BCUT2D eigenvalue weighted by Crippen LogP contribution is -2.09. The summed E-state index contributed by atoms with van der Waals surface area (Å²) in [5, 5.41) is 1.65. The highest BCUT2D eigenvalue weighted by Gasteiger charge is 2.16. The van der Waals surface area contributed by atoms with Crippen LogP contribution in [0.5, 0.6) is 0 Å². The summed E-state index contributed by atoms with van der Waals surface area (Å²) >= 11 is 1.08. The van der Waals surface area contributed by atoms with Crippen molar-refractivity contribution in [3.05, 3.63) is 11.1 Å². The number of esters is 1. The van der Waals surface area contributed by atoms with Gasteiger partial charge in [-0.25, -0.2) is 9.78 Å². The summed E-state index contributed by atoms with van der Waals surface area (Å²) in [6.07, 6.45) is -0.502. The maximum Gasteiger partial charge on any atom is 0.357 e. The Balaban J connectivity index is 0.00000225. The first kappa shape index (κ1) is 15.5. The number of carbonyl (C=O) groups is 1. The molecule has 0 amide bonds. The van der Waals surface area contributed by atoms with Gasteiger partial charge in [0.1, 0.15) is 6.61 Å².